The summed E-state index contributed by atoms with van der Waals surface area (Å²) in [6.07, 6.45) is 4.42. The molecule has 0 spiro atoms. The zero-order valence-electron chi connectivity index (χ0n) is 14.4. The van der Waals surface area contributed by atoms with Gasteiger partial charge in [0.15, 0.2) is 17.5 Å². The van der Waals surface area contributed by atoms with Gasteiger partial charge in [-0.25, -0.2) is 17.6 Å². The van der Waals surface area contributed by atoms with E-state index in [1.807, 2.05) is 6.07 Å². The molecule has 4 rings (SSSR count). The van der Waals surface area contributed by atoms with Crippen LogP contribution in [-0.4, -0.2) is 3.92 Å². The Balaban J connectivity index is 1.70. The number of hydrogen-bond acceptors (Lipinski definition) is 0. The minimum atomic E-state index is -1.49. The van der Waals surface area contributed by atoms with E-state index >= 15 is 0 Å². The van der Waals surface area contributed by atoms with Crippen molar-refractivity contribution in [2.45, 2.75) is 35.5 Å². The zero-order valence-corrected chi connectivity index (χ0v) is 16.6. The maximum Gasteiger partial charge on any atom is 0.195 e. The van der Waals surface area contributed by atoms with Crippen molar-refractivity contribution < 1.29 is 17.6 Å². The average Bonchev–Trinajstić information content (AvgIpc) is 2.66. The molecule has 0 aliphatic heterocycles. The highest BCUT2D eigenvalue weighted by Crippen LogP contribution is 2.37. The largest absolute Gasteiger partial charge is 0.206 e. The van der Waals surface area contributed by atoms with Gasteiger partial charge in [0.05, 0.1) is 0 Å². The van der Waals surface area contributed by atoms with E-state index < -0.39 is 17.5 Å². The van der Waals surface area contributed by atoms with E-state index in [-0.39, 0.29) is 16.6 Å². The Hall–Kier alpha value is -1.63. The van der Waals surface area contributed by atoms with Crippen LogP contribution in [0.5, 0.6) is 0 Å². The summed E-state index contributed by atoms with van der Waals surface area (Å²) in [5, 5.41) is 0.179. The van der Waals surface area contributed by atoms with Gasteiger partial charge in [0.2, 0.25) is 0 Å². The van der Waals surface area contributed by atoms with Crippen LogP contribution in [0.4, 0.5) is 17.6 Å². The van der Waals surface area contributed by atoms with Gasteiger partial charge in [0.25, 0.3) is 0 Å². The Labute approximate surface area is 168 Å². The molecule has 0 radical (unpaired) electrons. The van der Waals surface area contributed by atoms with Crippen LogP contribution in [0.2, 0.25) is 0 Å². The Morgan fingerprint density at radius 1 is 0.741 bits per heavy atom. The van der Waals surface area contributed by atoms with Gasteiger partial charge >= 0.3 is 0 Å². The fraction of sp³-hybridized carbons (Fsp3) is 0.273. The Morgan fingerprint density at radius 2 is 1.48 bits per heavy atom. The first-order valence-corrected chi connectivity index (χ1v) is 10.2. The lowest BCUT2D eigenvalue weighted by molar-refractivity contribution is 0.453. The number of hydrogen-bond donors (Lipinski definition) is 0. The molecule has 5 heteroatoms. The predicted octanol–water partition coefficient (Wildman–Crippen LogP) is 7.52. The highest BCUT2D eigenvalue weighted by Gasteiger charge is 2.22. The molecule has 0 unspecified atom stereocenters. The highest BCUT2D eigenvalue weighted by atomic mass is 127. The van der Waals surface area contributed by atoms with Crippen molar-refractivity contribution in [3.8, 4) is 11.1 Å². The van der Waals surface area contributed by atoms with E-state index in [0.717, 1.165) is 37.3 Å². The molecule has 1 aliphatic carbocycles. The van der Waals surface area contributed by atoms with Crippen molar-refractivity contribution in [2.75, 3.05) is 0 Å². The van der Waals surface area contributed by atoms with Crippen molar-refractivity contribution in [3.63, 3.8) is 0 Å². The molecule has 27 heavy (non-hydrogen) atoms. The van der Waals surface area contributed by atoms with Crippen molar-refractivity contribution >= 4 is 33.4 Å². The Bertz CT molecular complexity index is 1010. The molecular weight excluding hydrogens is 467 g/mol. The monoisotopic (exact) mass is 484 g/mol. The summed E-state index contributed by atoms with van der Waals surface area (Å²) >= 11 is 2.47. The van der Waals surface area contributed by atoms with Crippen LogP contribution in [0.1, 0.15) is 37.2 Å². The third-order valence-corrected chi connectivity index (χ3v) is 6.65. The molecule has 0 atom stereocenters. The molecular formula is C22H17F4I. The van der Waals surface area contributed by atoms with Crippen LogP contribution in [0.15, 0.2) is 42.5 Å². The minimum Gasteiger partial charge on any atom is -0.206 e. The second-order valence-corrected chi connectivity index (χ2v) is 8.87. The van der Waals surface area contributed by atoms with E-state index in [1.165, 1.54) is 18.2 Å². The fourth-order valence-corrected chi connectivity index (χ4v) is 4.60. The number of alkyl halides is 1. The number of benzene rings is 3. The van der Waals surface area contributed by atoms with Crippen LogP contribution >= 0.6 is 22.6 Å². The van der Waals surface area contributed by atoms with Crippen molar-refractivity contribution in [2.24, 2.45) is 0 Å². The molecule has 0 bridgehead atoms. The molecule has 3 aromatic rings. The number of halogens is 5. The molecule has 140 valence electrons. The smallest absolute Gasteiger partial charge is 0.195 e. The molecule has 1 saturated carbocycles. The summed E-state index contributed by atoms with van der Waals surface area (Å²) in [5.74, 6) is -3.95. The first kappa shape index (κ1) is 18.7. The summed E-state index contributed by atoms with van der Waals surface area (Å²) in [7, 11) is 0. The topological polar surface area (TPSA) is 0 Å². The van der Waals surface area contributed by atoms with E-state index in [4.69, 9.17) is 0 Å². The lowest BCUT2D eigenvalue weighted by atomic mass is 9.83. The lowest BCUT2D eigenvalue weighted by Gasteiger charge is -2.25. The third kappa shape index (κ3) is 3.58. The van der Waals surface area contributed by atoms with Crippen LogP contribution in [0.25, 0.3) is 21.9 Å². The van der Waals surface area contributed by atoms with Gasteiger partial charge in [-0.2, -0.15) is 0 Å². The molecule has 0 saturated heterocycles. The van der Waals surface area contributed by atoms with Crippen LogP contribution < -0.4 is 0 Å². The standard InChI is InChI=1S/C22H17F4I/c23-19-10-13(12-1-5-16(27)6-2-12)3-7-17(19)14-4-8-18-15(9-14)11-20(24)22(26)21(18)25/h3-4,7-12,16H,1-2,5-6H2. The molecule has 0 aromatic heterocycles. The first-order chi connectivity index (χ1) is 12.9. The molecule has 1 fully saturated rings. The predicted molar refractivity (Wildman–Crippen MR) is 108 cm³/mol. The third-order valence-electron chi connectivity index (χ3n) is 5.40. The maximum atomic E-state index is 14.8. The van der Waals surface area contributed by atoms with Gasteiger partial charge in [-0.15, -0.1) is 0 Å². The van der Waals surface area contributed by atoms with E-state index in [0.29, 0.717) is 21.0 Å². The maximum absolute atomic E-state index is 14.8. The molecule has 0 nitrogen and oxygen atoms in total. The van der Waals surface area contributed by atoms with Crippen LogP contribution in [0, 0.1) is 23.3 Å². The molecule has 3 aromatic carbocycles. The van der Waals surface area contributed by atoms with Gasteiger partial charge < -0.3 is 0 Å². The average molecular weight is 484 g/mol. The normalized spacial score (nSPS) is 20.2. The summed E-state index contributed by atoms with van der Waals surface area (Å²) in [4.78, 5) is 0. The van der Waals surface area contributed by atoms with Crippen LogP contribution in [-0.2, 0) is 0 Å². The fourth-order valence-electron chi connectivity index (χ4n) is 3.88. The van der Waals surface area contributed by atoms with Crippen molar-refractivity contribution in [1.82, 2.24) is 0 Å². The van der Waals surface area contributed by atoms with E-state index in [2.05, 4.69) is 22.6 Å². The Kier molecular flexibility index (Phi) is 5.14. The van der Waals surface area contributed by atoms with Gasteiger partial charge in [0.1, 0.15) is 5.82 Å². The molecule has 0 amide bonds. The summed E-state index contributed by atoms with van der Waals surface area (Å²) in [6, 6.07) is 10.5. The molecule has 0 N–H and O–H groups in total. The van der Waals surface area contributed by atoms with Crippen molar-refractivity contribution in [1.29, 1.82) is 0 Å². The molecule has 0 heterocycles. The van der Waals surface area contributed by atoms with Gasteiger partial charge in [-0.3, -0.25) is 0 Å². The first-order valence-electron chi connectivity index (χ1n) is 8.95. The quantitative estimate of drug-likeness (QED) is 0.153. The summed E-state index contributed by atoms with van der Waals surface area (Å²) in [6.45, 7) is 0. The number of rotatable bonds is 2. The lowest BCUT2D eigenvalue weighted by Crippen LogP contribution is -2.12. The second-order valence-electron chi connectivity index (χ2n) is 7.11. The van der Waals surface area contributed by atoms with Crippen LogP contribution in [0.3, 0.4) is 0 Å². The van der Waals surface area contributed by atoms with Gasteiger partial charge in [-0.1, -0.05) is 46.9 Å². The van der Waals surface area contributed by atoms with Gasteiger partial charge in [0, 0.05) is 14.9 Å². The minimum absolute atomic E-state index is 0.0229. The highest BCUT2D eigenvalue weighted by molar-refractivity contribution is 14.1. The van der Waals surface area contributed by atoms with E-state index in [1.54, 1.807) is 12.1 Å². The molecule has 1 aliphatic rings. The van der Waals surface area contributed by atoms with Gasteiger partial charge in [-0.05, 0) is 66.3 Å². The Morgan fingerprint density at radius 3 is 2.19 bits per heavy atom. The van der Waals surface area contributed by atoms with Crippen molar-refractivity contribution in [3.05, 3.63) is 71.3 Å². The van der Waals surface area contributed by atoms with E-state index in [9.17, 15) is 17.6 Å². The number of fused-ring (bicyclic) bond motifs is 1. The summed E-state index contributed by atoms with van der Waals surface area (Å²) in [5.41, 5.74) is 1.88. The SMILES string of the molecule is Fc1cc(C2CCC(I)CC2)ccc1-c1ccc2c(F)c(F)c(F)cc2c1. The zero-order chi connectivity index (χ0) is 19.1. The summed E-state index contributed by atoms with van der Waals surface area (Å²) < 4.78 is 56.3. The second kappa shape index (κ2) is 7.41.